The molecule has 0 spiro atoms. The van der Waals surface area contributed by atoms with Crippen molar-refractivity contribution in [1.82, 2.24) is 14.8 Å². The first-order valence-corrected chi connectivity index (χ1v) is 9.98. The van der Waals surface area contributed by atoms with Crippen molar-refractivity contribution in [3.05, 3.63) is 89.2 Å². The second-order valence-electron chi connectivity index (χ2n) is 6.60. The van der Waals surface area contributed by atoms with Crippen molar-refractivity contribution in [3.63, 3.8) is 0 Å². The van der Waals surface area contributed by atoms with E-state index in [1.165, 1.54) is 11.1 Å². The van der Waals surface area contributed by atoms with Gasteiger partial charge < -0.3 is 9.64 Å². The van der Waals surface area contributed by atoms with E-state index in [4.69, 9.17) is 9.72 Å². The van der Waals surface area contributed by atoms with Crippen molar-refractivity contribution >= 4 is 16.5 Å². The molecule has 0 aliphatic rings. The largest absolute Gasteiger partial charge is 0.497 e. The van der Waals surface area contributed by atoms with Crippen LogP contribution >= 0.6 is 11.3 Å². The highest BCUT2D eigenvalue weighted by Crippen LogP contribution is 2.25. The van der Waals surface area contributed by atoms with E-state index in [-0.39, 0.29) is 0 Å². The van der Waals surface area contributed by atoms with Gasteiger partial charge in [-0.2, -0.15) is 5.10 Å². The first-order chi connectivity index (χ1) is 13.7. The van der Waals surface area contributed by atoms with E-state index in [1.807, 2.05) is 36.0 Å². The Balaban J connectivity index is 1.57. The fourth-order valence-corrected chi connectivity index (χ4v) is 3.87. The maximum absolute atomic E-state index is 5.37. The SMILES string of the molecule is COc1cccc(CN(Cc2ccc(-n3cccn3)cc2)c2nc(C)cs2)c1. The molecule has 2 aromatic heterocycles. The normalized spacial score (nSPS) is 10.8. The third-order valence-corrected chi connectivity index (χ3v) is 5.48. The number of ether oxygens (including phenoxy) is 1. The molecule has 0 bridgehead atoms. The molecule has 0 atom stereocenters. The number of hydrogen-bond donors (Lipinski definition) is 0. The van der Waals surface area contributed by atoms with Crippen LogP contribution in [0.25, 0.3) is 5.69 Å². The van der Waals surface area contributed by atoms with Crippen LogP contribution in [0.3, 0.4) is 0 Å². The summed E-state index contributed by atoms with van der Waals surface area (Å²) in [5.41, 5.74) is 4.52. The highest BCUT2D eigenvalue weighted by Gasteiger charge is 2.13. The summed E-state index contributed by atoms with van der Waals surface area (Å²) >= 11 is 1.68. The van der Waals surface area contributed by atoms with Gasteiger partial charge in [0.25, 0.3) is 0 Å². The predicted octanol–water partition coefficient (Wildman–Crippen LogP) is 4.85. The number of nitrogens with zero attached hydrogens (tertiary/aromatic N) is 4. The topological polar surface area (TPSA) is 43.2 Å². The standard InChI is InChI=1S/C22H22N4OS/c1-17-16-28-22(24-17)25(15-19-5-3-6-21(13-19)27-2)14-18-7-9-20(10-8-18)26-12-4-11-23-26/h3-13,16H,14-15H2,1-2H3. The van der Waals surface area contributed by atoms with Crippen LogP contribution in [0.15, 0.2) is 72.4 Å². The van der Waals surface area contributed by atoms with E-state index in [1.54, 1.807) is 24.6 Å². The summed E-state index contributed by atoms with van der Waals surface area (Å²) in [6.45, 7) is 3.58. The first-order valence-electron chi connectivity index (χ1n) is 9.10. The molecule has 0 radical (unpaired) electrons. The molecule has 0 amide bonds. The summed E-state index contributed by atoms with van der Waals surface area (Å²) in [5.74, 6) is 0.872. The second-order valence-corrected chi connectivity index (χ2v) is 7.43. The Morgan fingerprint density at radius 3 is 2.54 bits per heavy atom. The molecule has 0 unspecified atom stereocenters. The monoisotopic (exact) mass is 390 g/mol. The van der Waals surface area contributed by atoms with E-state index < -0.39 is 0 Å². The minimum atomic E-state index is 0.769. The summed E-state index contributed by atoms with van der Waals surface area (Å²) in [4.78, 5) is 7.00. The Hall–Kier alpha value is -3.12. The van der Waals surface area contributed by atoms with Crippen LogP contribution < -0.4 is 9.64 Å². The van der Waals surface area contributed by atoms with Crippen molar-refractivity contribution in [3.8, 4) is 11.4 Å². The molecule has 2 heterocycles. The molecule has 0 N–H and O–H groups in total. The van der Waals surface area contributed by atoms with Crippen LogP contribution in [0.5, 0.6) is 5.75 Å². The zero-order valence-electron chi connectivity index (χ0n) is 15.9. The van der Waals surface area contributed by atoms with Crippen LogP contribution in [0.4, 0.5) is 5.13 Å². The van der Waals surface area contributed by atoms with Gasteiger partial charge >= 0.3 is 0 Å². The van der Waals surface area contributed by atoms with E-state index in [2.05, 4.69) is 51.8 Å². The molecule has 0 aliphatic carbocycles. The minimum Gasteiger partial charge on any atom is -0.497 e. The number of hydrogen-bond acceptors (Lipinski definition) is 5. The van der Waals surface area contributed by atoms with Crippen LogP contribution in [0.1, 0.15) is 16.8 Å². The average Bonchev–Trinajstić information content (AvgIpc) is 3.40. The number of thiazole rings is 1. The Morgan fingerprint density at radius 2 is 1.86 bits per heavy atom. The number of anilines is 1. The smallest absolute Gasteiger partial charge is 0.186 e. The van der Waals surface area contributed by atoms with Gasteiger partial charge in [0, 0.05) is 30.9 Å². The van der Waals surface area contributed by atoms with Gasteiger partial charge in [-0.25, -0.2) is 9.67 Å². The molecule has 4 aromatic rings. The van der Waals surface area contributed by atoms with Crippen LogP contribution in [0.2, 0.25) is 0 Å². The Kier molecular flexibility index (Phi) is 5.39. The van der Waals surface area contributed by atoms with E-state index in [0.717, 1.165) is 35.4 Å². The molecule has 142 valence electrons. The summed E-state index contributed by atoms with van der Waals surface area (Å²) in [7, 11) is 1.70. The molecular formula is C22H22N4OS. The number of aromatic nitrogens is 3. The van der Waals surface area contributed by atoms with Gasteiger partial charge in [-0.1, -0.05) is 24.3 Å². The molecule has 4 rings (SSSR count). The molecule has 5 nitrogen and oxygen atoms in total. The second kappa shape index (κ2) is 8.27. The zero-order valence-corrected chi connectivity index (χ0v) is 16.8. The maximum Gasteiger partial charge on any atom is 0.186 e. The van der Waals surface area contributed by atoms with E-state index in [0.29, 0.717) is 0 Å². The fourth-order valence-electron chi connectivity index (χ4n) is 3.07. The third-order valence-electron chi connectivity index (χ3n) is 4.46. The van der Waals surface area contributed by atoms with Gasteiger partial charge in [0.1, 0.15) is 5.75 Å². The summed E-state index contributed by atoms with van der Waals surface area (Å²) in [6, 6.07) is 18.6. The minimum absolute atomic E-state index is 0.769. The van der Waals surface area contributed by atoms with Crippen molar-refractivity contribution < 1.29 is 4.74 Å². The first kappa shape index (κ1) is 18.3. The molecule has 6 heteroatoms. The van der Waals surface area contributed by atoms with Crippen LogP contribution in [-0.4, -0.2) is 21.9 Å². The molecule has 0 fully saturated rings. The summed E-state index contributed by atoms with van der Waals surface area (Å²) in [6.07, 6.45) is 3.73. The molecule has 0 aliphatic heterocycles. The van der Waals surface area contributed by atoms with Gasteiger partial charge in [-0.15, -0.1) is 11.3 Å². The lowest BCUT2D eigenvalue weighted by Crippen LogP contribution is -2.22. The quantitative estimate of drug-likeness (QED) is 0.452. The average molecular weight is 391 g/mol. The maximum atomic E-state index is 5.37. The highest BCUT2D eigenvalue weighted by molar-refractivity contribution is 7.13. The van der Waals surface area contributed by atoms with E-state index in [9.17, 15) is 0 Å². The lowest BCUT2D eigenvalue weighted by atomic mass is 10.1. The number of aryl methyl sites for hydroxylation is 1. The Labute approximate surface area is 168 Å². The number of benzene rings is 2. The van der Waals surface area contributed by atoms with E-state index >= 15 is 0 Å². The lowest BCUT2D eigenvalue weighted by Gasteiger charge is -2.22. The molecule has 0 saturated carbocycles. The van der Waals surface area contributed by atoms with Gasteiger partial charge in [0.2, 0.25) is 0 Å². The van der Waals surface area contributed by atoms with Crippen LogP contribution in [0, 0.1) is 6.92 Å². The highest BCUT2D eigenvalue weighted by atomic mass is 32.1. The zero-order chi connectivity index (χ0) is 19.3. The predicted molar refractivity (Wildman–Crippen MR) is 113 cm³/mol. The van der Waals surface area contributed by atoms with Crippen molar-refractivity contribution in [2.45, 2.75) is 20.0 Å². The van der Waals surface area contributed by atoms with Gasteiger partial charge in [0.15, 0.2) is 5.13 Å². The molecule has 28 heavy (non-hydrogen) atoms. The van der Waals surface area contributed by atoms with Gasteiger partial charge in [-0.05, 0) is 48.4 Å². The molecule has 2 aromatic carbocycles. The molecule has 0 saturated heterocycles. The summed E-state index contributed by atoms with van der Waals surface area (Å²) in [5, 5.41) is 7.40. The van der Waals surface area contributed by atoms with Gasteiger partial charge in [-0.3, -0.25) is 0 Å². The summed E-state index contributed by atoms with van der Waals surface area (Å²) < 4.78 is 7.24. The van der Waals surface area contributed by atoms with Crippen molar-refractivity contribution in [2.75, 3.05) is 12.0 Å². The lowest BCUT2D eigenvalue weighted by molar-refractivity contribution is 0.414. The van der Waals surface area contributed by atoms with Crippen molar-refractivity contribution in [1.29, 1.82) is 0 Å². The van der Waals surface area contributed by atoms with Crippen LogP contribution in [-0.2, 0) is 13.1 Å². The van der Waals surface area contributed by atoms with Gasteiger partial charge in [0.05, 0.1) is 18.5 Å². The van der Waals surface area contributed by atoms with Crippen molar-refractivity contribution in [2.24, 2.45) is 0 Å². The Morgan fingerprint density at radius 1 is 1.04 bits per heavy atom. The number of rotatable bonds is 7. The molecular weight excluding hydrogens is 368 g/mol. The Bertz CT molecular complexity index is 1020. The third kappa shape index (κ3) is 4.23. The fraction of sp³-hybridized carbons (Fsp3) is 0.182. The number of methoxy groups -OCH3 is 1.